The Morgan fingerprint density at radius 1 is 1.28 bits per heavy atom. The van der Waals surface area contributed by atoms with Crippen LogP contribution in [0.1, 0.15) is 15.2 Å². The molecule has 0 fully saturated rings. The fourth-order valence-corrected chi connectivity index (χ4v) is 4.85. The number of alkyl halides is 2. The van der Waals surface area contributed by atoms with Crippen LogP contribution in [0, 0.1) is 0 Å². The number of nitrogens with zero attached hydrogens (tertiary/aromatic N) is 3. The molecule has 5 nitrogen and oxygen atoms in total. The highest BCUT2D eigenvalue weighted by molar-refractivity contribution is 8.00. The number of rotatable bonds is 7. The van der Waals surface area contributed by atoms with E-state index in [1.807, 2.05) is 17.5 Å². The van der Waals surface area contributed by atoms with Crippen molar-refractivity contribution in [3.8, 4) is 0 Å². The van der Waals surface area contributed by atoms with Gasteiger partial charge in [0.2, 0.25) is 5.13 Å². The summed E-state index contributed by atoms with van der Waals surface area (Å²) >= 11 is 4.65. The summed E-state index contributed by atoms with van der Waals surface area (Å²) in [5.74, 6) is -2.41. The van der Waals surface area contributed by atoms with Crippen molar-refractivity contribution in [1.82, 2.24) is 15.2 Å². The van der Waals surface area contributed by atoms with Gasteiger partial charge in [-0.05, 0) is 35.3 Å². The molecule has 0 aliphatic heterocycles. The van der Waals surface area contributed by atoms with E-state index < -0.39 is 11.7 Å². The van der Waals surface area contributed by atoms with Crippen LogP contribution in [0.25, 0.3) is 0 Å². The molecule has 1 N–H and O–H groups in total. The highest BCUT2D eigenvalue weighted by Gasteiger charge is 2.18. The van der Waals surface area contributed by atoms with Crippen LogP contribution in [0.4, 0.5) is 13.9 Å². The smallest absolute Gasteiger partial charge is 0.290 e. The molecule has 0 aliphatic carbocycles. The molecule has 0 spiro atoms. The first kappa shape index (κ1) is 18.2. The van der Waals surface area contributed by atoms with Gasteiger partial charge in [0.05, 0.1) is 5.56 Å². The summed E-state index contributed by atoms with van der Waals surface area (Å²) in [6, 6.07) is 6.98. The van der Waals surface area contributed by atoms with Crippen molar-refractivity contribution in [1.29, 1.82) is 0 Å². The first-order chi connectivity index (χ1) is 12.1. The normalized spacial score (nSPS) is 11.0. The third-order valence-electron chi connectivity index (χ3n) is 2.76. The van der Waals surface area contributed by atoms with Crippen LogP contribution >= 0.6 is 46.2 Å². The van der Waals surface area contributed by atoms with E-state index in [-0.39, 0.29) is 22.4 Å². The van der Waals surface area contributed by atoms with Crippen LogP contribution in [0.3, 0.4) is 0 Å². The lowest BCUT2D eigenvalue weighted by Gasteiger charge is -2.06. The standard InChI is InChI=1S/C14H10F2N4OS4/c15-12(16)24-11-9(4-1-5-17-11)10(21)18-13-19-20-14(25-13)23-7-8-3-2-6-22-8/h1-6,12H,7H2,(H,18,19,21). The van der Waals surface area contributed by atoms with E-state index in [2.05, 4.69) is 20.5 Å². The Bertz CT molecular complexity index is 841. The van der Waals surface area contributed by atoms with Gasteiger partial charge >= 0.3 is 0 Å². The van der Waals surface area contributed by atoms with Crippen LogP contribution in [-0.2, 0) is 5.75 Å². The van der Waals surface area contributed by atoms with Gasteiger partial charge in [-0.2, -0.15) is 8.78 Å². The number of nitrogens with one attached hydrogen (secondary N) is 1. The number of pyridine rings is 1. The van der Waals surface area contributed by atoms with E-state index in [1.54, 1.807) is 11.3 Å². The molecule has 3 heterocycles. The minimum atomic E-state index is -2.65. The van der Waals surface area contributed by atoms with Gasteiger partial charge in [-0.15, -0.1) is 21.5 Å². The lowest BCUT2D eigenvalue weighted by atomic mass is 10.3. The number of carbonyl (C=O) groups excluding carboxylic acids is 1. The molecule has 0 aliphatic rings. The minimum Gasteiger partial charge on any atom is -0.296 e. The molecule has 0 saturated carbocycles. The minimum absolute atomic E-state index is 0.0215. The molecule has 3 rings (SSSR count). The van der Waals surface area contributed by atoms with Crippen molar-refractivity contribution >= 4 is 57.2 Å². The number of thiophene rings is 1. The average molecular weight is 417 g/mol. The molecule has 3 aromatic rings. The Balaban J connectivity index is 1.63. The second-order valence-corrected chi connectivity index (χ2v) is 8.64. The second-order valence-electron chi connectivity index (χ2n) is 4.43. The average Bonchev–Trinajstić information content (AvgIpc) is 3.24. The van der Waals surface area contributed by atoms with Crippen LogP contribution in [0.2, 0.25) is 0 Å². The van der Waals surface area contributed by atoms with Crippen LogP contribution in [-0.4, -0.2) is 26.8 Å². The number of halogens is 2. The van der Waals surface area contributed by atoms with E-state index in [4.69, 9.17) is 0 Å². The van der Waals surface area contributed by atoms with E-state index in [1.165, 1.54) is 46.3 Å². The SMILES string of the molecule is O=C(Nc1nnc(SCc2cccs2)s1)c1cccnc1SC(F)F. The second kappa shape index (κ2) is 8.70. The summed E-state index contributed by atoms with van der Waals surface area (Å²) in [5.41, 5.74) is 0.0794. The third-order valence-corrected chi connectivity index (χ3v) is 6.57. The Morgan fingerprint density at radius 3 is 2.92 bits per heavy atom. The van der Waals surface area contributed by atoms with Crippen molar-refractivity contribution in [2.75, 3.05) is 5.32 Å². The maximum atomic E-state index is 12.6. The quantitative estimate of drug-likeness (QED) is 0.438. The van der Waals surface area contributed by atoms with E-state index in [9.17, 15) is 13.6 Å². The summed E-state index contributed by atoms with van der Waals surface area (Å²) in [4.78, 5) is 17.3. The molecule has 0 bridgehead atoms. The van der Waals surface area contributed by atoms with Crippen molar-refractivity contribution < 1.29 is 13.6 Å². The van der Waals surface area contributed by atoms with Crippen molar-refractivity contribution in [3.05, 3.63) is 46.3 Å². The molecule has 0 aromatic carbocycles. The molecule has 3 aromatic heterocycles. The van der Waals surface area contributed by atoms with Crippen molar-refractivity contribution in [3.63, 3.8) is 0 Å². The fourth-order valence-electron chi connectivity index (χ4n) is 1.75. The Kier molecular flexibility index (Phi) is 6.34. The van der Waals surface area contributed by atoms with Crippen molar-refractivity contribution in [2.45, 2.75) is 20.9 Å². The zero-order valence-electron chi connectivity index (χ0n) is 12.4. The summed E-state index contributed by atoms with van der Waals surface area (Å²) in [7, 11) is 0. The largest absolute Gasteiger partial charge is 0.296 e. The Labute approximate surface area is 158 Å². The molecule has 0 unspecified atom stereocenters. The van der Waals surface area contributed by atoms with Crippen LogP contribution in [0.15, 0.2) is 45.2 Å². The predicted molar refractivity (Wildman–Crippen MR) is 97.8 cm³/mol. The van der Waals surface area contributed by atoms with Gasteiger partial charge in [0.25, 0.3) is 11.7 Å². The van der Waals surface area contributed by atoms with Gasteiger partial charge in [0.1, 0.15) is 5.03 Å². The number of thioether (sulfide) groups is 2. The summed E-state index contributed by atoms with van der Waals surface area (Å²) in [5, 5.41) is 12.8. The van der Waals surface area contributed by atoms with Crippen molar-refractivity contribution in [2.24, 2.45) is 0 Å². The first-order valence-electron chi connectivity index (χ1n) is 6.81. The van der Waals surface area contributed by atoms with Crippen LogP contribution in [0.5, 0.6) is 0 Å². The highest BCUT2D eigenvalue weighted by atomic mass is 32.2. The maximum Gasteiger partial charge on any atom is 0.290 e. The number of hydrogen-bond acceptors (Lipinski definition) is 8. The molecular weight excluding hydrogens is 406 g/mol. The van der Waals surface area contributed by atoms with E-state index in [0.717, 1.165) is 10.1 Å². The molecule has 0 saturated heterocycles. The zero-order chi connectivity index (χ0) is 17.6. The Hall–Kier alpha value is -1.56. The summed E-state index contributed by atoms with van der Waals surface area (Å²) in [6.45, 7) is 0. The molecule has 0 radical (unpaired) electrons. The molecule has 11 heteroatoms. The monoisotopic (exact) mass is 416 g/mol. The van der Waals surface area contributed by atoms with Gasteiger partial charge in [0, 0.05) is 16.8 Å². The number of hydrogen-bond donors (Lipinski definition) is 1. The van der Waals surface area contributed by atoms with E-state index >= 15 is 0 Å². The Morgan fingerprint density at radius 2 is 2.16 bits per heavy atom. The summed E-state index contributed by atoms with van der Waals surface area (Å²) in [6.07, 6.45) is 1.37. The van der Waals surface area contributed by atoms with Crippen LogP contribution < -0.4 is 5.32 Å². The van der Waals surface area contributed by atoms with Gasteiger partial charge < -0.3 is 0 Å². The molecule has 25 heavy (non-hydrogen) atoms. The van der Waals surface area contributed by atoms with Gasteiger partial charge in [-0.1, -0.05) is 29.2 Å². The molecule has 130 valence electrons. The zero-order valence-corrected chi connectivity index (χ0v) is 15.7. The molecule has 1 amide bonds. The number of amides is 1. The molecular formula is C14H10F2N4OS4. The molecule has 0 atom stereocenters. The third kappa shape index (κ3) is 5.21. The lowest BCUT2D eigenvalue weighted by molar-refractivity contribution is 0.102. The predicted octanol–water partition coefficient (Wildman–Crippen LogP) is 4.85. The maximum absolute atomic E-state index is 12.6. The lowest BCUT2D eigenvalue weighted by Crippen LogP contribution is -2.13. The summed E-state index contributed by atoms with van der Waals surface area (Å²) < 4.78 is 25.8. The topological polar surface area (TPSA) is 67.8 Å². The number of carbonyl (C=O) groups is 1. The van der Waals surface area contributed by atoms with Gasteiger partial charge in [0.15, 0.2) is 4.34 Å². The first-order valence-corrected chi connectivity index (χ1v) is 10.4. The van der Waals surface area contributed by atoms with Gasteiger partial charge in [-0.3, -0.25) is 10.1 Å². The fraction of sp³-hybridized carbons (Fsp3) is 0.143. The number of anilines is 1. The number of aromatic nitrogens is 3. The van der Waals surface area contributed by atoms with E-state index in [0.29, 0.717) is 5.13 Å². The highest BCUT2D eigenvalue weighted by Crippen LogP contribution is 2.30. The van der Waals surface area contributed by atoms with Gasteiger partial charge in [-0.25, -0.2) is 4.98 Å².